The van der Waals surface area contributed by atoms with E-state index in [9.17, 15) is 9.59 Å². The fourth-order valence-electron chi connectivity index (χ4n) is 2.88. The third-order valence-corrected chi connectivity index (χ3v) is 4.30. The van der Waals surface area contributed by atoms with E-state index in [-0.39, 0.29) is 11.5 Å². The number of rotatable bonds is 4. The van der Waals surface area contributed by atoms with Crippen LogP contribution in [0.3, 0.4) is 0 Å². The van der Waals surface area contributed by atoms with Crippen molar-refractivity contribution in [2.24, 2.45) is 0 Å². The van der Waals surface area contributed by atoms with Crippen LogP contribution in [-0.2, 0) is 6.54 Å². The summed E-state index contributed by atoms with van der Waals surface area (Å²) >= 11 is 0. The van der Waals surface area contributed by atoms with Crippen molar-refractivity contribution >= 4 is 22.8 Å². The zero-order valence-corrected chi connectivity index (χ0v) is 15.0. The highest BCUT2D eigenvalue weighted by molar-refractivity contribution is 6.00. The van der Waals surface area contributed by atoms with Crippen LogP contribution in [0.1, 0.15) is 32.2 Å². The number of hydrogen-bond donors (Lipinski definition) is 2. The molecule has 8 heteroatoms. The van der Waals surface area contributed by atoms with E-state index in [1.807, 2.05) is 48.5 Å². The highest BCUT2D eigenvalue weighted by Gasteiger charge is 2.19. The Morgan fingerprint density at radius 3 is 2.50 bits per heavy atom. The number of fused-ring (bicyclic) bond motifs is 1. The first kappa shape index (κ1) is 17.5. The normalized spacial score (nSPS) is 10.8. The van der Waals surface area contributed by atoms with Gasteiger partial charge in [-0.25, -0.2) is 4.68 Å². The quantitative estimate of drug-likeness (QED) is 0.534. The summed E-state index contributed by atoms with van der Waals surface area (Å²) in [5.74, 6) is -0.964. The topological polar surface area (TPSA) is 102 Å². The van der Waals surface area contributed by atoms with Crippen LogP contribution in [0, 0.1) is 6.92 Å². The average molecular weight is 375 g/mol. The Balaban J connectivity index is 1.40. The Morgan fingerprint density at radius 1 is 1.00 bits per heavy atom. The minimum absolute atomic E-state index is 0.0950. The Bertz CT molecular complexity index is 1150. The molecule has 0 aliphatic heterocycles. The minimum atomic E-state index is -0.568. The molecule has 0 bridgehead atoms. The van der Waals surface area contributed by atoms with Crippen molar-refractivity contribution in [2.75, 3.05) is 0 Å². The number of benzene rings is 2. The van der Waals surface area contributed by atoms with E-state index < -0.39 is 11.8 Å². The third-order valence-electron chi connectivity index (χ3n) is 4.30. The summed E-state index contributed by atoms with van der Waals surface area (Å²) in [7, 11) is 0. The zero-order valence-electron chi connectivity index (χ0n) is 15.0. The second kappa shape index (κ2) is 7.36. The Morgan fingerprint density at radius 2 is 1.71 bits per heavy atom. The van der Waals surface area contributed by atoms with Crippen molar-refractivity contribution in [3.63, 3.8) is 0 Å². The number of carbonyl (C=O) groups excluding carboxylic acids is 2. The van der Waals surface area contributed by atoms with E-state index in [1.54, 1.807) is 17.7 Å². The van der Waals surface area contributed by atoms with Gasteiger partial charge in [0.25, 0.3) is 5.91 Å². The maximum atomic E-state index is 12.4. The van der Waals surface area contributed by atoms with Gasteiger partial charge in [-0.05, 0) is 18.6 Å². The van der Waals surface area contributed by atoms with E-state index in [0.29, 0.717) is 17.7 Å². The van der Waals surface area contributed by atoms with Crippen molar-refractivity contribution < 1.29 is 14.0 Å². The fraction of sp³-hybridized carbons (Fsp3) is 0.100. The molecule has 0 unspecified atom stereocenters. The van der Waals surface area contributed by atoms with Crippen molar-refractivity contribution in [1.29, 1.82) is 0 Å². The average Bonchev–Trinajstić information content (AvgIpc) is 3.32. The SMILES string of the molecule is Cc1c(C(=O)NNC(=O)c2cn(Cc3ccccc3)nn2)oc2ccccc12. The smallest absolute Gasteiger partial charge is 0.305 e. The van der Waals surface area contributed by atoms with Gasteiger partial charge in [0, 0.05) is 10.9 Å². The van der Waals surface area contributed by atoms with Crippen molar-refractivity contribution in [3.8, 4) is 0 Å². The van der Waals surface area contributed by atoms with E-state index in [4.69, 9.17) is 4.42 Å². The van der Waals surface area contributed by atoms with E-state index in [2.05, 4.69) is 21.2 Å². The van der Waals surface area contributed by atoms with Crippen LogP contribution in [-0.4, -0.2) is 26.8 Å². The lowest BCUT2D eigenvalue weighted by Crippen LogP contribution is -2.41. The number of aromatic nitrogens is 3. The molecule has 2 aromatic carbocycles. The van der Waals surface area contributed by atoms with Gasteiger partial charge < -0.3 is 4.42 Å². The Kier molecular flexibility index (Phi) is 4.59. The number of nitrogens with one attached hydrogen (secondary N) is 2. The molecule has 8 nitrogen and oxygen atoms in total. The Hall–Kier alpha value is -3.94. The summed E-state index contributed by atoms with van der Waals surface area (Å²) in [4.78, 5) is 24.6. The van der Waals surface area contributed by atoms with Crippen LogP contribution in [0.2, 0.25) is 0 Å². The molecule has 2 aromatic heterocycles. The Labute approximate surface area is 160 Å². The maximum absolute atomic E-state index is 12.4. The van der Waals surface area contributed by atoms with Crippen LogP contribution >= 0.6 is 0 Å². The molecule has 2 N–H and O–H groups in total. The predicted molar refractivity (Wildman–Crippen MR) is 101 cm³/mol. The van der Waals surface area contributed by atoms with Crippen LogP contribution in [0.4, 0.5) is 0 Å². The first-order chi connectivity index (χ1) is 13.6. The molecule has 0 aliphatic carbocycles. The molecule has 0 saturated heterocycles. The number of para-hydroxylation sites is 1. The lowest BCUT2D eigenvalue weighted by Gasteiger charge is -2.04. The largest absolute Gasteiger partial charge is 0.451 e. The predicted octanol–water partition coefficient (Wildman–Crippen LogP) is 2.46. The second-order valence-corrected chi connectivity index (χ2v) is 6.25. The van der Waals surface area contributed by atoms with Gasteiger partial charge in [0.05, 0.1) is 12.7 Å². The van der Waals surface area contributed by atoms with Crippen LogP contribution < -0.4 is 10.9 Å². The highest BCUT2D eigenvalue weighted by Crippen LogP contribution is 2.24. The molecule has 4 rings (SSSR count). The summed E-state index contributed by atoms with van der Waals surface area (Å²) < 4.78 is 7.12. The minimum Gasteiger partial charge on any atom is -0.451 e. The number of hydrogen-bond acceptors (Lipinski definition) is 5. The molecule has 0 radical (unpaired) electrons. The van der Waals surface area contributed by atoms with Crippen molar-refractivity contribution in [3.05, 3.63) is 83.4 Å². The molecule has 28 heavy (non-hydrogen) atoms. The number of furan rings is 1. The molecule has 0 saturated carbocycles. The summed E-state index contributed by atoms with van der Waals surface area (Å²) in [5, 5.41) is 8.63. The van der Waals surface area contributed by atoms with Gasteiger partial charge >= 0.3 is 5.91 Å². The number of nitrogens with zero attached hydrogens (tertiary/aromatic N) is 3. The van der Waals surface area contributed by atoms with Crippen LogP contribution in [0.5, 0.6) is 0 Å². The van der Waals surface area contributed by atoms with Gasteiger partial charge in [-0.3, -0.25) is 20.4 Å². The molecule has 0 fully saturated rings. The molecule has 2 amide bonds. The number of amides is 2. The molecule has 2 heterocycles. The maximum Gasteiger partial charge on any atom is 0.305 e. The highest BCUT2D eigenvalue weighted by atomic mass is 16.3. The van der Waals surface area contributed by atoms with Gasteiger partial charge in [-0.15, -0.1) is 5.10 Å². The molecular weight excluding hydrogens is 358 g/mol. The molecule has 0 aliphatic rings. The van der Waals surface area contributed by atoms with Gasteiger partial charge in [-0.1, -0.05) is 53.7 Å². The number of hydrazine groups is 1. The number of aryl methyl sites for hydroxylation is 1. The lowest BCUT2D eigenvalue weighted by atomic mass is 10.1. The van der Waals surface area contributed by atoms with Crippen LogP contribution in [0.25, 0.3) is 11.0 Å². The monoisotopic (exact) mass is 375 g/mol. The van der Waals surface area contributed by atoms with Crippen molar-refractivity contribution in [1.82, 2.24) is 25.8 Å². The summed E-state index contributed by atoms with van der Waals surface area (Å²) in [6.45, 7) is 2.28. The second-order valence-electron chi connectivity index (χ2n) is 6.25. The first-order valence-corrected chi connectivity index (χ1v) is 8.64. The third kappa shape index (κ3) is 3.48. The van der Waals surface area contributed by atoms with Crippen molar-refractivity contribution in [2.45, 2.75) is 13.5 Å². The van der Waals surface area contributed by atoms with Gasteiger partial charge in [0.1, 0.15) is 5.58 Å². The standard InChI is InChI=1S/C20H17N5O3/c1-13-15-9-5-6-10-17(15)28-18(13)20(27)23-22-19(26)16-12-25(24-21-16)11-14-7-3-2-4-8-14/h2-10,12H,11H2,1H3,(H,22,26)(H,23,27). The molecule has 4 aromatic rings. The van der Waals surface area contributed by atoms with E-state index >= 15 is 0 Å². The summed E-state index contributed by atoms with van der Waals surface area (Å²) in [6.07, 6.45) is 1.51. The van der Waals surface area contributed by atoms with Gasteiger partial charge in [0.2, 0.25) is 0 Å². The first-order valence-electron chi connectivity index (χ1n) is 8.64. The zero-order chi connectivity index (χ0) is 19.5. The number of carbonyl (C=O) groups is 2. The molecule has 0 spiro atoms. The van der Waals surface area contributed by atoms with Gasteiger partial charge in [-0.2, -0.15) is 0 Å². The van der Waals surface area contributed by atoms with Crippen LogP contribution in [0.15, 0.2) is 65.2 Å². The summed E-state index contributed by atoms with van der Waals surface area (Å²) in [6, 6.07) is 17.0. The lowest BCUT2D eigenvalue weighted by molar-refractivity contribution is 0.0829. The molecule has 140 valence electrons. The molecule has 0 atom stereocenters. The van der Waals surface area contributed by atoms with E-state index in [0.717, 1.165) is 10.9 Å². The fourth-order valence-corrected chi connectivity index (χ4v) is 2.88. The van der Waals surface area contributed by atoms with E-state index in [1.165, 1.54) is 6.20 Å². The molecular formula is C20H17N5O3. The van der Waals surface area contributed by atoms with Gasteiger partial charge in [0.15, 0.2) is 11.5 Å². The summed E-state index contributed by atoms with van der Waals surface area (Å²) in [5.41, 5.74) is 7.13.